The molecule has 76 heavy (non-hydrogen) atoms. The number of rotatable bonds is 19. The standard InChI is InChI=1S/C55H67ClF3N6O4S2.H3NO2S.Y/c56-46-11-6-42(7-12-46)50-16-20-54(21-26-63(27-22-54)38-41-17-23-60-24-18-41)37-45(50)39-64-28-30-65(31-29-64)48-13-8-43(9-14-48)53(66)44-10-15-51(52(36-44)68-69-71-55(57,58)59)61-47(19-25-62-32-34-67-35-33-62)40-70-49-4-2-1-3-5-49;1-4(2)3;/h1-15,36,41,47,61H,16-35,37-40H2;1H2,(H,2,3);/q-1;;/p-1. The number of carbonyl (C=O) groups excluding carboxylic acids is 1. The Kier molecular flexibility index (Phi) is 24.3. The molecular weight excluding hydrogens is 1130 g/mol. The number of ketones is 1. The van der Waals surface area contributed by atoms with Gasteiger partial charge in [-0.2, -0.15) is 13.2 Å². The molecule has 411 valence electrons. The van der Waals surface area contributed by atoms with Gasteiger partial charge in [0.05, 0.1) is 18.9 Å². The molecule has 2 unspecified atom stereocenters. The van der Waals surface area contributed by atoms with Gasteiger partial charge in [-0.1, -0.05) is 60.3 Å². The van der Waals surface area contributed by atoms with Crippen LogP contribution >= 0.6 is 35.4 Å². The van der Waals surface area contributed by atoms with E-state index in [-0.39, 0.29) is 55.8 Å². The number of carbonyl (C=O) groups is 1. The van der Waals surface area contributed by atoms with E-state index >= 15 is 0 Å². The second-order valence-corrected chi connectivity index (χ2v) is 23.0. The molecule has 3 N–H and O–H groups in total. The van der Waals surface area contributed by atoms with Crippen molar-refractivity contribution in [3.05, 3.63) is 130 Å². The minimum absolute atomic E-state index is 0. The van der Waals surface area contributed by atoms with E-state index in [0.29, 0.717) is 35.6 Å². The number of halogens is 4. The molecule has 13 nitrogen and oxygen atoms in total. The molecule has 4 aromatic carbocycles. The third-order valence-corrected chi connectivity index (χ3v) is 16.9. The Bertz CT molecular complexity index is 2480. The van der Waals surface area contributed by atoms with E-state index in [9.17, 15) is 18.0 Å². The fourth-order valence-electron chi connectivity index (χ4n) is 11.0. The monoisotopic (exact) mass is 1200 g/mol. The van der Waals surface area contributed by atoms with Crippen LogP contribution in [0.1, 0.15) is 72.9 Å². The Morgan fingerprint density at radius 2 is 1.55 bits per heavy atom. The van der Waals surface area contributed by atoms with Crippen LogP contribution in [-0.2, 0) is 53.0 Å². The zero-order chi connectivity index (χ0) is 52.6. The summed E-state index contributed by atoms with van der Waals surface area (Å²) in [7, 11) is 0. The normalized spacial score (nSPS) is 19.8. The predicted octanol–water partition coefficient (Wildman–Crippen LogP) is 10.7. The number of likely N-dealkylation sites (tertiary alicyclic amines) is 1. The van der Waals surface area contributed by atoms with Gasteiger partial charge < -0.3 is 34.6 Å². The molecule has 4 fully saturated rings. The van der Waals surface area contributed by atoms with Crippen LogP contribution in [0.4, 0.5) is 24.5 Å². The molecule has 4 aliphatic heterocycles. The van der Waals surface area contributed by atoms with Crippen LogP contribution in [0.15, 0.2) is 108 Å². The number of nitrogens with zero attached hydrogens (tertiary/aromatic N) is 5. The zero-order valence-electron chi connectivity index (χ0n) is 42.9. The molecule has 21 heteroatoms. The number of nitrogens with two attached hydrogens (primary N) is 1. The quantitative estimate of drug-likeness (QED) is 0.0229. The SMILES string of the molecule is NS(=O)[O-].O=C(c1ccc(N2CCN(CC3=C(c4ccc(Cl)cc4)CCC4(CCN(CC5CC[N-]CC5)CC4)C3)CC2)cc1)c1ccc(NC(CCN2CCOCC2)CSc2ccccc2)c(OOSC(F)(F)F)c1.[Y]. The molecule has 2 atom stereocenters. The molecule has 5 aliphatic rings. The topological polar surface area (TPSA) is 150 Å². The molecule has 4 heterocycles. The van der Waals surface area contributed by atoms with Crippen molar-refractivity contribution in [2.45, 2.75) is 67.8 Å². The van der Waals surface area contributed by atoms with E-state index in [4.69, 9.17) is 30.0 Å². The molecule has 4 aromatic rings. The van der Waals surface area contributed by atoms with Gasteiger partial charge in [-0.3, -0.25) is 23.9 Å². The summed E-state index contributed by atoms with van der Waals surface area (Å²) in [6, 6.07) is 30.9. The number of allylic oxidation sites excluding steroid dienone is 1. The van der Waals surface area contributed by atoms with Crippen LogP contribution in [-0.4, -0.2) is 145 Å². The van der Waals surface area contributed by atoms with E-state index in [0.717, 1.165) is 106 Å². The van der Waals surface area contributed by atoms with Gasteiger partial charge in [0.25, 0.3) is 0 Å². The third-order valence-electron chi connectivity index (χ3n) is 15.2. The average molecular weight is 1200 g/mol. The number of piperidine rings is 2. The summed E-state index contributed by atoms with van der Waals surface area (Å²) in [4.78, 5) is 30.5. The van der Waals surface area contributed by atoms with Crippen molar-refractivity contribution in [1.82, 2.24) is 14.7 Å². The van der Waals surface area contributed by atoms with Gasteiger partial charge in [-0.15, -0.1) is 29.2 Å². The fraction of sp³-hybridized carbons (Fsp3) is 0.509. The number of ether oxygens (including phenoxy) is 1. The first kappa shape index (κ1) is 61.0. The number of benzene rings is 4. The van der Waals surface area contributed by atoms with E-state index in [1.54, 1.807) is 29.5 Å². The molecule has 0 bridgehead atoms. The number of morpholine rings is 1. The summed E-state index contributed by atoms with van der Waals surface area (Å²) in [5.74, 6) is 1.21. The average Bonchev–Trinajstić information content (AvgIpc) is 3.42. The van der Waals surface area contributed by atoms with Crippen molar-refractivity contribution in [3.63, 3.8) is 0 Å². The number of anilines is 2. The Morgan fingerprint density at radius 1 is 0.882 bits per heavy atom. The van der Waals surface area contributed by atoms with Crippen LogP contribution < -0.4 is 20.2 Å². The molecule has 0 saturated carbocycles. The maximum absolute atomic E-state index is 14.0. The van der Waals surface area contributed by atoms with Gasteiger partial charge in [-0.25, -0.2) is 0 Å². The van der Waals surface area contributed by atoms with Crippen LogP contribution in [0.5, 0.6) is 5.75 Å². The minimum atomic E-state index is -4.68. The van der Waals surface area contributed by atoms with Crippen LogP contribution in [0.3, 0.4) is 0 Å². The van der Waals surface area contributed by atoms with Gasteiger partial charge in [-0.05, 0) is 141 Å². The van der Waals surface area contributed by atoms with Crippen molar-refractivity contribution in [2.24, 2.45) is 16.5 Å². The summed E-state index contributed by atoms with van der Waals surface area (Å²) in [6.45, 7) is 14.1. The zero-order valence-corrected chi connectivity index (χ0v) is 49.0. The second-order valence-electron chi connectivity index (χ2n) is 20.2. The van der Waals surface area contributed by atoms with E-state index in [1.807, 2.05) is 54.6 Å². The van der Waals surface area contributed by atoms with Gasteiger partial charge in [0.15, 0.2) is 23.6 Å². The molecule has 1 aliphatic carbocycles. The number of piperazine rings is 1. The largest absolute Gasteiger partial charge is 0.760 e. The summed E-state index contributed by atoms with van der Waals surface area (Å²) < 4.78 is 67.3. The minimum Gasteiger partial charge on any atom is -0.760 e. The molecule has 0 aromatic heterocycles. The van der Waals surface area contributed by atoms with E-state index < -0.39 is 28.8 Å². The van der Waals surface area contributed by atoms with Crippen molar-refractivity contribution in [3.8, 4) is 5.75 Å². The van der Waals surface area contributed by atoms with Crippen molar-refractivity contribution in [1.29, 1.82) is 0 Å². The van der Waals surface area contributed by atoms with Gasteiger partial charge in [0, 0.05) is 141 Å². The molecular formula is C55H69ClF3N7O6S3Y-2. The number of thioether (sulfide) groups is 1. The molecule has 1 spiro atoms. The first-order valence-electron chi connectivity index (χ1n) is 26.0. The van der Waals surface area contributed by atoms with Crippen LogP contribution in [0.2, 0.25) is 5.02 Å². The second kappa shape index (κ2) is 30.3. The van der Waals surface area contributed by atoms with Crippen molar-refractivity contribution < 1.29 is 73.4 Å². The van der Waals surface area contributed by atoms with E-state index in [1.165, 1.54) is 68.9 Å². The fourth-order valence-corrected chi connectivity index (χ4v) is 12.3. The maximum atomic E-state index is 14.0. The Morgan fingerprint density at radius 3 is 2.22 bits per heavy atom. The number of alkyl halides is 3. The molecule has 9 rings (SSSR count). The first-order valence-corrected chi connectivity index (χ1v) is 29.3. The number of hydrogen-bond donors (Lipinski definition) is 2. The van der Waals surface area contributed by atoms with Crippen LogP contribution in [0.25, 0.3) is 10.9 Å². The van der Waals surface area contributed by atoms with Gasteiger partial charge >= 0.3 is 5.51 Å². The summed E-state index contributed by atoms with van der Waals surface area (Å²) in [6.07, 6.45) is 9.30. The predicted molar refractivity (Wildman–Crippen MR) is 296 cm³/mol. The Balaban J connectivity index is 0.00000162. The number of nitrogens with one attached hydrogen (secondary N) is 1. The third kappa shape index (κ3) is 19.0. The summed E-state index contributed by atoms with van der Waals surface area (Å²) in [5.41, 5.74) is 2.30. The maximum Gasteiger partial charge on any atom is 0.471 e. The van der Waals surface area contributed by atoms with Crippen molar-refractivity contribution in [2.75, 3.05) is 114 Å². The Hall–Kier alpha value is -2.60. The van der Waals surface area contributed by atoms with Crippen molar-refractivity contribution >= 4 is 69.4 Å². The summed E-state index contributed by atoms with van der Waals surface area (Å²) in [5, 5.41) is 12.9. The van der Waals surface area contributed by atoms with Gasteiger partial charge in [0.2, 0.25) is 0 Å². The molecule has 4 saturated heterocycles. The molecule has 1 radical (unpaired) electrons. The molecule has 0 amide bonds. The first-order chi connectivity index (χ1) is 36.3. The summed E-state index contributed by atoms with van der Waals surface area (Å²) >= 11 is 4.95. The number of hydrogen-bond acceptors (Lipinski definition) is 13. The van der Waals surface area contributed by atoms with Crippen LogP contribution in [0, 0.1) is 11.3 Å². The Labute approximate surface area is 487 Å². The van der Waals surface area contributed by atoms with Gasteiger partial charge in [0.1, 0.15) is 0 Å². The smallest absolute Gasteiger partial charge is 0.471 e. The van der Waals surface area contributed by atoms with E-state index in [2.05, 4.69) is 64.0 Å².